The number of hydrogen-bond donors (Lipinski definition) is 2. The van der Waals surface area contributed by atoms with E-state index in [1.807, 2.05) is 18.2 Å². The van der Waals surface area contributed by atoms with E-state index in [-0.39, 0.29) is 24.3 Å². The van der Waals surface area contributed by atoms with Crippen molar-refractivity contribution in [2.45, 2.75) is 51.7 Å². The Bertz CT molecular complexity index is 861. The summed E-state index contributed by atoms with van der Waals surface area (Å²) in [5.74, 6) is 0.936. The van der Waals surface area contributed by atoms with Gasteiger partial charge < -0.3 is 19.8 Å². The smallest absolute Gasteiger partial charge is 0.305 e. The van der Waals surface area contributed by atoms with Gasteiger partial charge in [0.15, 0.2) is 11.8 Å². The summed E-state index contributed by atoms with van der Waals surface area (Å²) in [5.41, 5.74) is 1.68. The van der Waals surface area contributed by atoms with E-state index in [9.17, 15) is 15.0 Å². The van der Waals surface area contributed by atoms with Crippen LogP contribution < -0.4 is 4.90 Å². The third kappa shape index (κ3) is 4.79. The number of carbonyl (C=O) groups excluding carboxylic acids is 1. The van der Waals surface area contributed by atoms with Crippen molar-refractivity contribution in [1.82, 2.24) is 14.5 Å². The zero-order valence-electron chi connectivity index (χ0n) is 18.2. The van der Waals surface area contributed by atoms with Gasteiger partial charge in [0.05, 0.1) is 6.54 Å². The van der Waals surface area contributed by atoms with Crippen LogP contribution in [0, 0.1) is 0 Å². The predicted molar refractivity (Wildman–Crippen MR) is 117 cm³/mol. The van der Waals surface area contributed by atoms with E-state index in [1.54, 1.807) is 13.1 Å². The lowest BCUT2D eigenvalue weighted by Crippen LogP contribution is -2.49. The van der Waals surface area contributed by atoms with Gasteiger partial charge in [-0.25, -0.2) is 4.98 Å². The summed E-state index contributed by atoms with van der Waals surface area (Å²) in [5, 5.41) is 21.4. The molecule has 2 aliphatic rings. The summed E-state index contributed by atoms with van der Waals surface area (Å²) >= 11 is 0. The molecule has 0 saturated carbocycles. The highest BCUT2D eigenvalue weighted by Crippen LogP contribution is 2.38. The number of aromatic hydroxyl groups is 2. The Labute approximate surface area is 183 Å². The Hall–Kier alpha value is -2.74. The minimum atomic E-state index is -0.445. The fourth-order valence-electron chi connectivity index (χ4n) is 4.59. The zero-order valence-corrected chi connectivity index (χ0v) is 18.2. The highest BCUT2D eigenvalue weighted by molar-refractivity contribution is 5.69. The molecule has 1 saturated heterocycles. The average molecular weight is 429 g/mol. The largest absolute Gasteiger partial charge is 0.494 e. The minimum Gasteiger partial charge on any atom is -0.494 e. The molecule has 3 heterocycles. The van der Waals surface area contributed by atoms with Crippen LogP contribution in [0.2, 0.25) is 0 Å². The fourth-order valence-corrected chi connectivity index (χ4v) is 4.59. The van der Waals surface area contributed by atoms with Gasteiger partial charge in [0.25, 0.3) is 0 Å². The summed E-state index contributed by atoms with van der Waals surface area (Å²) in [4.78, 5) is 21.0. The Morgan fingerprint density at radius 2 is 1.74 bits per heavy atom. The maximum absolute atomic E-state index is 12.1. The van der Waals surface area contributed by atoms with E-state index in [1.165, 1.54) is 4.57 Å². The van der Waals surface area contributed by atoms with E-state index in [2.05, 4.69) is 14.8 Å². The van der Waals surface area contributed by atoms with Gasteiger partial charge in [0.1, 0.15) is 11.9 Å². The molecule has 1 atom stereocenters. The lowest BCUT2D eigenvalue weighted by atomic mass is 9.95. The van der Waals surface area contributed by atoms with Crippen LogP contribution in [0.5, 0.6) is 11.8 Å². The number of fused-ring (bicyclic) bond motifs is 1. The second kappa shape index (κ2) is 9.60. The number of anilines is 1. The molecule has 1 aliphatic carbocycles. The van der Waals surface area contributed by atoms with Crippen molar-refractivity contribution in [3.05, 3.63) is 35.5 Å². The quantitative estimate of drug-likeness (QED) is 0.654. The van der Waals surface area contributed by atoms with Crippen LogP contribution >= 0.6 is 0 Å². The summed E-state index contributed by atoms with van der Waals surface area (Å²) in [6.07, 6.45) is 5.23. The lowest BCUT2D eigenvalue weighted by molar-refractivity contribution is -0.150. The highest BCUT2D eigenvalue weighted by atomic mass is 16.5. The van der Waals surface area contributed by atoms with Gasteiger partial charge in [-0.2, -0.15) is 0 Å². The monoisotopic (exact) mass is 428 g/mol. The number of ether oxygens (including phenoxy) is 1. The Morgan fingerprint density at radius 1 is 1.06 bits per heavy atom. The Morgan fingerprint density at radius 3 is 2.32 bits per heavy atom. The van der Waals surface area contributed by atoms with Crippen LogP contribution in [-0.4, -0.2) is 69.5 Å². The molecule has 168 valence electrons. The number of hydrogen-bond acceptors (Lipinski definition) is 7. The molecule has 8 heteroatoms. The molecule has 2 N–H and O–H groups in total. The first-order valence-electron chi connectivity index (χ1n) is 11.3. The van der Waals surface area contributed by atoms with Crippen molar-refractivity contribution in [3.63, 3.8) is 0 Å². The lowest BCUT2D eigenvalue weighted by Gasteiger charge is -2.36. The molecule has 2 aromatic rings. The van der Waals surface area contributed by atoms with Gasteiger partial charge in [-0.15, -0.1) is 0 Å². The van der Waals surface area contributed by atoms with Crippen molar-refractivity contribution in [1.29, 1.82) is 0 Å². The molecule has 1 unspecified atom stereocenters. The van der Waals surface area contributed by atoms with Crippen LogP contribution in [0.4, 0.5) is 5.82 Å². The topological polar surface area (TPSA) is 91.1 Å². The normalized spacial score (nSPS) is 17.9. The molecule has 31 heavy (non-hydrogen) atoms. The van der Waals surface area contributed by atoms with E-state index >= 15 is 0 Å². The Kier molecular flexibility index (Phi) is 6.65. The van der Waals surface area contributed by atoms with E-state index in [0.29, 0.717) is 13.0 Å². The highest BCUT2D eigenvalue weighted by Gasteiger charge is 2.28. The van der Waals surface area contributed by atoms with Crippen LogP contribution in [0.3, 0.4) is 0 Å². The molecule has 0 spiro atoms. The number of piperazine rings is 1. The Balaban J connectivity index is 1.43. The second-order valence-corrected chi connectivity index (χ2v) is 8.36. The third-order valence-electron chi connectivity index (χ3n) is 6.30. The summed E-state index contributed by atoms with van der Waals surface area (Å²) in [7, 11) is 0. The molecule has 0 radical (unpaired) electrons. The van der Waals surface area contributed by atoms with Crippen LogP contribution in [0.15, 0.2) is 24.4 Å². The van der Waals surface area contributed by atoms with E-state index < -0.39 is 6.10 Å². The van der Waals surface area contributed by atoms with Gasteiger partial charge in [-0.3, -0.25) is 14.3 Å². The predicted octanol–water partition coefficient (Wildman–Crippen LogP) is 2.32. The van der Waals surface area contributed by atoms with Crippen molar-refractivity contribution in [2.24, 2.45) is 0 Å². The minimum absolute atomic E-state index is 0.115. The third-order valence-corrected chi connectivity index (χ3v) is 6.30. The first-order chi connectivity index (χ1) is 15.1. The summed E-state index contributed by atoms with van der Waals surface area (Å²) in [6.45, 7) is 5.93. The van der Waals surface area contributed by atoms with Crippen LogP contribution in [0.1, 0.15) is 37.3 Å². The van der Waals surface area contributed by atoms with E-state index in [4.69, 9.17) is 4.74 Å². The molecule has 0 aromatic carbocycles. The molecule has 8 nitrogen and oxygen atoms in total. The molecule has 2 aromatic heterocycles. The van der Waals surface area contributed by atoms with Crippen molar-refractivity contribution >= 4 is 11.8 Å². The summed E-state index contributed by atoms with van der Waals surface area (Å²) in [6, 6.07) is 5.92. The molecule has 0 amide bonds. The maximum Gasteiger partial charge on any atom is 0.305 e. The van der Waals surface area contributed by atoms with Crippen molar-refractivity contribution in [3.8, 4) is 11.8 Å². The SMILES string of the molecule is CCC(=O)OC(CN1CCN(c2ccccn2)CC1)Cn1c(O)c2c(c1O)CCCC2. The van der Waals surface area contributed by atoms with Crippen molar-refractivity contribution in [2.75, 3.05) is 37.6 Å². The number of esters is 1. The number of rotatable bonds is 7. The second-order valence-electron chi connectivity index (χ2n) is 8.36. The standard InChI is InChI=1S/C23H32N4O4/c1-2-21(28)31-17(16-27-22(29)18-7-3-4-8-19(18)23(27)30)15-25-11-13-26(14-12-25)20-9-5-6-10-24-20/h5-6,9-10,17,29-30H,2-4,7-8,11-16H2,1H3. The van der Waals surface area contributed by atoms with Crippen molar-refractivity contribution < 1.29 is 19.7 Å². The first kappa shape index (κ1) is 21.5. The first-order valence-corrected chi connectivity index (χ1v) is 11.3. The number of aromatic nitrogens is 2. The molecular formula is C23H32N4O4. The number of pyridine rings is 1. The van der Waals surface area contributed by atoms with Crippen LogP contribution in [0.25, 0.3) is 0 Å². The van der Waals surface area contributed by atoms with Gasteiger partial charge in [-0.05, 0) is 37.8 Å². The molecule has 0 bridgehead atoms. The van der Waals surface area contributed by atoms with Crippen LogP contribution in [-0.2, 0) is 28.9 Å². The average Bonchev–Trinajstić information content (AvgIpc) is 3.05. The molecule has 1 aliphatic heterocycles. The fraction of sp³-hybridized carbons (Fsp3) is 0.565. The molecule has 4 rings (SSSR count). The number of nitrogens with zero attached hydrogens (tertiary/aromatic N) is 4. The van der Waals surface area contributed by atoms with Gasteiger partial charge in [0.2, 0.25) is 0 Å². The van der Waals surface area contributed by atoms with Gasteiger partial charge in [-0.1, -0.05) is 13.0 Å². The van der Waals surface area contributed by atoms with Gasteiger partial charge in [0, 0.05) is 56.5 Å². The summed E-state index contributed by atoms with van der Waals surface area (Å²) < 4.78 is 7.23. The maximum atomic E-state index is 12.1. The molecule has 1 fully saturated rings. The van der Waals surface area contributed by atoms with Gasteiger partial charge >= 0.3 is 5.97 Å². The molecular weight excluding hydrogens is 396 g/mol. The number of carbonyl (C=O) groups is 1. The van der Waals surface area contributed by atoms with E-state index in [0.717, 1.165) is 68.8 Å². The zero-order chi connectivity index (χ0) is 21.8.